The summed E-state index contributed by atoms with van der Waals surface area (Å²) in [5.74, 6) is -2.24. The van der Waals surface area contributed by atoms with Crippen LogP contribution in [0.2, 0.25) is 0 Å². The Morgan fingerprint density at radius 1 is 0.970 bits per heavy atom. The number of hydrogen-bond acceptors (Lipinski definition) is 4. The number of carbonyl (C=O) groups is 2. The largest absolute Gasteiger partial charge is 0.482 e. The molecule has 0 radical (unpaired) electrons. The lowest BCUT2D eigenvalue weighted by atomic mass is 9.88. The van der Waals surface area contributed by atoms with Gasteiger partial charge in [0.2, 0.25) is 0 Å². The molecular weight excluding hydrogens is 432 g/mol. The summed E-state index contributed by atoms with van der Waals surface area (Å²) in [6, 6.07) is 16.0. The van der Waals surface area contributed by atoms with E-state index >= 15 is 0 Å². The number of aliphatic carboxylic acids is 1. The Bertz CT molecular complexity index is 1170. The molecule has 1 amide bonds. The Morgan fingerprint density at radius 3 is 2.39 bits per heavy atom. The molecule has 1 unspecified atom stereocenters. The molecule has 6 nitrogen and oxygen atoms in total. The van der Waals surface area contributed by atoms with Gasteiger partial charge in [-0.05, 0) is 53.4 Å². The molecule has 1 atom stereocenters. The van der Waals surface area contributed by atoms with Crippen molar-refractivity contribution in [2.24, 2.45) is 0 Å². The number of hydrogen-bond donors (Lipinski definition) is 1. The summed E-state index contributed by atoms with van der Waals surface area (Å²) in [4.78, 5) is 25.5. The molecule has 170 valence electrons. The first-order valence-electron chi connectivity index (χ1n) is 10.3. The van der Waals surface area contributed by atoms with Gasteiger partial charge in [0.25, 0.3) is 0 Å². The van der Waals surface area contributed by atoms with Crippen molar-refractivity contribution < 1.29 is 33.0 Å². The van der Waals surface area contributed by atoms with Crippen LogP contribution in [0, 0.1) is 11.6 Å². The number of fused-ring (bicyclic) bond motifs is 1. The maximum absolute atomic E-state index is 14.3. The second-order valence-electron chi connectivity index (χ2n) is 7.59. The Balaban J connectivity index is 1.72. The minimum atomic E-state index is -1.21. The number of benzene rings is 3. The van der Waals surface area contributed by atoms with Gasteiger partial charge in [0.1, 0.15) is 24.0 Å². The predicted octanol–water partition coefficient (Wildman–Crippen LogP) is 4.71. The number of carbonyl (C=O) groups excluding carboxylic acids is 1. The topological polar surface area (TPSA) is 76.1 Å². The van der Waals surface area contributed by atoms with Crippen LogP contribution < -0.4 is 4.74 Å². The van der Waals surface area contributed by atoms with Gasteiger partial charge >= 0.3 is 12.1 Å². The van der Waals surface area contributed by atoms with Crippen LogP contribution in [0.25, 0.3) is 0 Å². The molecule has 0 aliphatic carbocycles. The fourth-order valence-corrected chi connectivity index (χ4v) is 3.92. The molecule has 1 aliphatic rings. The van der Waals surface area contributed by atoms with Crippen molar-refractivity contribution >= 4 is 12.1 Å². The van der Waals surface area contributed by atoms with Gasteiger partial charge in [-0.3, -0.25) is 4.90 Å². The van der Waals surface area contributed by atoms with E-state index in [0.717, 1.165) is 17.2 Å². The first-order valence-corrected chi connectivity index (χ1v) is 10.3. The second-order valence-corrected chi connectivity index (χ2v) is 7.59. The van der Waals surface area contributed by atoms with Crippen molar-refractivity contribution in [2.75, 3.05) is 13.2 Å². The predicted molar refractivity (Wildman–Crippen MR) is 115 cm³/mol. The highest BCUT2D eigenvalue weighted by molar-refractivity contribution is 5.71. The second kappa shape index (κ2) is 9.68. The third kappa shape index (κ3) is 5.11. The maximum Gasteiger partial charge on any atom is 0.410 e. The van der Waals surface area contributed by atoms with Gasteiger partial charge in [0.05, 0.1) is 6.04 Å². The Labute approximate surface area is 189 Å². The zero-order valence-electron chi connectivity index (χ0n) is 17.5. The number of rotatable bonds is 6. The van der Waals surface area contributed by atoms with Crippen molar-refractivity contribution in [1.29, 1.82) is 0 Å². The standard InChI is InChI=1S/C25H21F2NO5/c26-18-7-6-17-10-11-28(25(31)33-14-16-4-2-1-3-5-16)24(20(17)12-18)21-13-19(27)8-9-22(21)32-15-23(29)30/h1-9,12-13,24H,10-11,14-15H2,(H,29,30). The minimum Gasteiger partial charge on any atom is -0.482 e. The average molecular weight is 453 g/mol. The van der Waals surface area contributed by atoms with E-state index in [9.17, 15) is 18.4 Å². The molecule has 8 heteroatoms. The van der Waals surface area contributed by atoms with E-state index in [2.05, 4.69) is 0 Å². The fraction of sp³-hybridized carbons (Fsp3) is 0.200. The summed E-state index contributed by atoms with van der Waals surface area (Å²) in [7, 11) is 0. The molecule has 3 aromatic carbocycles. The minimum absolute atomic E-state index is 0.0322. The van der Waals surface area contributed by atoms with Crippen molar-refractivity contribution in [3.8, 4) is 5.75 Å². The van der Waals surface area contributed by atoms with Gasteiger partial charge in [-0.1, -0.05) is 36.4 Å². The first-order chi connectivity index (χ1) is 15.9. The monoisotopic (exact) mass is 453 g/mol. The molecule has 0 aromatic heterocycles. The molecule has 0 spiro atoms. The zero-order chi connectivity index (χ0) is 23.4. The van der Waals surface area contributed by atoms with Crippen LogP contribution in [0.4, 0.5) is 13.6 Å². The zero-order valence-corrected chi connectivity index (χ0v) is 17.5. The van der Waals surface area contributed by atoms with Gasteiger partial charge in [-0.15, -0.1) is 0 Å². The highest BCUT2D eigenvalue weighted by Gasteiger charge is 2.35. The van der Waals surface area contributed by atoms with E-state index in [0.29, 0.717) is 12.0 Å². The van der Waals surface area contributed by atoms with Crippen LogP contribution in [0.3, 0.4) is 0 Å². The fourth-order valence-electron chi connectivity index (χ4n) is 3.92. The van der Waals surface area contributed by atoms with Gasteiger partial charge in [0.15, 0.2) is 6.61 Å². The molecule has 0 saturated heterocycles. The lowest BCUT2D eigenvalue weighted by Crippen LogP contribution is -2.41. The summed E-state index contributed by atoms with van der Waals surface area (Å²) in [6.45, 7) is -0.379. The van der Waals surface area contributed by atoms with E-state index in [4.69, 9.17) is 14.6 Å². The van der Waals surface area contributed by atoms with Crippen LogP contribution in [-0.4, -0.2) is 35.2 Å². The van der Waals surface area contributed by atoms with E-state index in [-0.39, 0.29) is 24.5 Å². The van der Waals surface area contributed by atoms with Crippen LogP contribution in [0.5, 0.6) is 5.75 Å². The smallest absolute Gasteiger partial charge is 0.410 e. The summed E-state index contributed by atoms with van der Waals surface area (Å²) in [6.07, 6.45) is -0.208. The molecule has 0 saturated carbocycles. The molecule has 1 heterocycles. The molecule has 0 bridgehead atoms. The van der Waals surface area contributed by atoms with Crippen molar-refractivity contribution in [3.63, 3.8) is 0 Å². The number of carboxylic acid groups (broad SMARTS) is 1. The van der Waals surface area contributed by atoms with E-state index in [1.807, 2.05) is 30.3 Å². The molecule has 1 aliphatic heterocycles. The van der Waals surface area contributed by atoms with Gasteiger partial charge < -0.3 is 14.6 Å². The summed E-state index contributed by atoms with van der Waals surface area (Å²) >= 11 is 0. The maximum atomic E-state index is 14.3. The third-order valence-corrected chi connectivity index (χ3v) is 5.39. The molecule has 1 N–H and O–H groups in total. The Kier molecular flexibility index (Phi) is 6.53. The number of halogens is 2. The summed E-state index contributed by atoms with van der Waals surface area (Å²) in [5.41, 5.74) is 2.26. The van der Waals surface area contributed by atoms with Crippen LogP contribution in [-0.2, 0) is 22.6 Å². The van der Waals surface area contributed by atoms with Crippen molar-refractivity contribution in [3.05, 3.63) is 101 Å². The SMILES string of the molecule is O=C(O)COc1ccc(F)cc1C1c2cc(F)ccc2CCN1C(=O)OCc1ccccc1. The average Bonchev–Trinajstić information content (AvgIpc) is 2.81. The number of amides is 1. The lowest BCUT2D eigenvalue weighted by Gasteiger charge is -2.37. The normalized spacial score (nSPS) is 15.0. The molecule has 0 fully saturated rings. The summed E-state index contributed by atoms with van der Waals surface area (Å²) in [5, 5.41) is 9.01. The lowest BCUT2D eigenvalue weighted by molar-refractivity contribution is -0.139. The number of ether oxygens (including phenoxy) is 2. The molecule has 33 heavy (non-hydrogen) atoms. The first kappa shape index (κ1) is 22.3. The number of carboxylic acids is 1. The van der Waals surface area contributed by atoms with Gasteiger partial charge in [-0.25, -0.2) is 18.4 Å². The quantitative estimate of drug-likeness (QED) is 0.585. The third-order valence-electron chi connectivity index (χ3n) is 5.39. The molecule has 3 aromatic rings. The van der Waals surface area contributed by atoms with E-state index in [1.165, 1.54) is 29.2 Å². The highest BCUT2D eigenvalue weighted by Crippen LogP contribution is 2.40. The van der Waals surface area contributed by atoms with E-state index in [1.54, 1.807) is 6.07 Å². The van der Waals surface area contributed by atoms with Crippen LogP contribution in [0.1, 0.15) is 28.3 Å². The van der Waals surface area contributed by atoms with Crippen molar-refractivity contribution in [2.45, 2.75) is 19.1 Å². The van der Waals surface area contributed by atoms with Gasteiger partial charge in [-0.2, -0.15) is 0 Å². The van der Waals surface area contributed by atoms with Crippen molar-refractivity contribution in [1.82, 2.24) is 4.90 Å². The van der Waals surface area contributed by atoms with Crippen LogP contribution >= 0.6 is 0 Å². The number of nitrogens with zero attached hydrogens (tertiary/aromatic N) is 1. The molecular formula is C25H21F2NO5. The Hall–Kier alpha value is -3.94. The Morgan fingerprint density at radius 2 is 1.67 bits per heavy atom. The summed E-state index contributed by atoms with van der Waals surface area (Å²) < 4.78 is 39.3. The van der Waals surface area contributed by atoms with E-state index < -0.39 is 36.3 Å². The van der Waals surface area contributed by atoms with Gasteiger partial charge in [0, 0.05) is 12.1 Å². The molecule has 4 rings (SSSR count). The van der Waals surface area contributed by atoms with Crippen LogP contribution in [0.15, 0.2) is 66.7 Å². The highest BCUT2D eigenvalue weighted by atomic mass is 19.1.